The van der Waals surface area contributed by atoms with E-state index in [0.29, 0.717) is 17.4 Å². The minimum Gasteiger partial charge on any atom is -0.211 e. The van der Waals surface area contributed by atoms with Crippen molar-refractivity contribution < 1.29 is 8.42 Å². The molecule has 0 aromatic heterocycles. The normalized spacial score (nSPS) is 12.3. The maximum atomic E-state index is 12.6. The van der Waals surface area contributed by atoms with Crippen LogP contribution in [0.4, 0.5) is 0 Å². The van der Waals surface area contributed by atoms with Gasteiger partial charge in [-0.25, -0.2) is 13.1 Å². The summed E-state index contributed by atoms with van der Waals surface area (Å²) in [4.78, 5) is 0.400. The van der Waals surface area contributed by atoms with Gasteiger partial charge in [0.05, 0.1) is 4.90 Å². The van der Waals surface area contributed by atoms with Crippen LogP contribution in [0.2, 0.25) is 0 Å². The standard InChI is InChI=1S/C18H25NO2S/c1-6-9-19-22(20,21)17-10-14(5)16-11-15(12(2)3)8-7-13(4)18(16)17/h7-8,10-12,19H,6,9H2,1-5H3. The van der Waals surface area contributed by atoms with E-state index in [0.717, 1.165) is 28.7 Å². The van der Waals surface area contributed by atoms with Gasteiger partial charge in [-0.15, -0.1) is 0 Å². The molecule has 2 rings (SSSR count). The molecule has 2 aliphatic rings. The molecule has 22 heavy (non-hydrogen) atoms. The van der Waals surface area contributed by atoms with E-state index < -0.39 is 10.0 Å². The fourth-order valence-corrected chi connectivity index (χ4v) is 4.17. The third-order valence-electron chi connectivity index (χ3n) is 4.02. The van der Waals surface area contributed by atoms with Crippen molar-refractivity contribution in [2.24, 2.45) is 0 Å². The second kappa shape index (κ2) is 6.39. The number of sulfonamides is 1. The molecule has 0 amide bonds. The van der Waals surface area contributed by atoms with Crippen LogP contribution in [-0.4, -0.2) is 15.0 Å². The van der Waals surface area contributed by atoms with Gasteiger partial charge in [-0.05, 0) is 54.5 Å². The fourth-order valence-electron chi connectivity index (χ4n) is 2.67. The van der Waals surface area contributed by atoms with E-state index in [2.05, 4.69) is 30.7 Å². The van der Waals surface area contributed by atoms with Gasteiger partial charge in [0.1, 0.15) is 0 Å². The molecule has 0 unspecified atom stereocenters. The molecule has 0 aromatic carbocycles. The van der Waals surface area contributed by atoms with Gasteiger partial charge in [0, 0.05) is 12.1 Å². The van der Waals surface area contributed by atoms with E-state index in [1.807, 2.05) is 26.8 Å². The van der Waals surface area contributed by atoms with Crippen LogP contribution in [0.1, 0.15) is 49.8 Å². The lowest BCUT2D eigenvalue weighted by atomic mass is 10.0. The molecule has 1 N–H and O–H groups in total. The topological polar surface area (TPSA) is 46.2 Å². The summed E-state index contributed by atoms with van der Waals surface area (Å²) in [6, 6.07) is 8.03. The molecule has 0 aliphatic heterocycles. The third kappa shape index (κ3) is 3.18. The van der Waals surface area contributed by atoms with E-state index in [9.17, 15) is 8.42 Å². The summed E-state index contributed by atoms with van der Waals surface area (Å²) in [5.41, 5.74) is 5.09. The monoisotopic (exact) mass is 319 g/mol. The zero-order valence-electron chi connectivity index (χ0n) is 14.0. The van der Waals surface area contributed by atoms with E-state index >= 15 is 0 Å². The van der Waals surface area contributed by atoms with Gasteiger partial charge in [-0.1, -0.05) is 39.0 Å². The number of hydrogen-bond acceptors (Lipinski definition) is 2. The van der Waals surface area contributed by atoms with Crippen molar-refractivity contribution in [1.82, 2.24) is 4.72 Å². The van der Waals surface area contributed by atoms with Crippen LogP contribution < -0.4 is 4.72 Å². The Labute approximate surface area is 134 Å². The molecule has 0 aromatic rings. The molecule has 0 saturated carbocycles. The first-order valence-corrected chi connectivity index (χ1v) is 9.29. The summed E-state index contributed by atoms with van der Waals surface area (Å²) in [5, 5.41) is 0. The Kier molecular flexibility index (Phi) is 4.93. The van der Waals surface area contributed by atoms with Crippen molar-refractivity contribution in [3.05, 3.63) is 41.0 Å². The van der Waals surface area contributed by atoms with Crippen molar-refractivity contribution in [2.45, 2.75) is 51.9 Å². The van der Waals surface area contributed by atoms with Gasteiger partial charge >= 0.3 is 0 Å². The SMILES string of the molecule is CCCNS(=O)(=O)c1cc(C)c2cc(C(C)C)ccc(C)c1-2. The van der Waals surface area contributed by atoms with E-state index in [1.54, 1.807) is 6.07 Å². The zero-order valence-corrected chi connectivity index (χ0v) is 14.8. The van der Waals surface area contributed by atoms with Gasteiger partial charge < -0.3 is 0 Å². The Balaban J connectivity index is 2.68. The number of aryl methyl sites for hydroxylation is 2. The highest BCUT2D eigenvalue weighted by Crippen LogP contribution is 2.38. The van der Waals surface area contributed by atoms with Crippen molar-refractivity contribution >= 4 is 10.0 Å². The Morgan fingerprint density at radius 3 is 2.36 bits per heavy atom. The first-order chi connectivity index (χ1) is 10.3. The molecule has 0 radical (unpaired) electrons. The van der Waals surface area contributed by atoms with Crippen molar-refractivity contribution in [3.8, 4) is 11.1 Å². The van der Waals surface area contributed by atoms with Gasteiger partial charge in [0.2, 0.25) is 10.0 Å². The van der Waals surface area contributed by atoms with Crippen LogP contribution in [-0.2, 0) is 10.0 Å². The van der Waals surface area contributed by atoms with E-state index in [-0.39, 0.29) is 0 Å². The summed E-state index contributed by atoms with van der Waals surface area (Å²) in [5.74, 6) is 0.405. The first-order valence-electron chi connectivity index (χ1n) is 7.81. The van der Waals surface area contributed by atoms with E-state index in [1.165, 1.54) is 5.56 Å². The van der Waals surface area contributed by atoms with Crippen LogP contribution in [0.3, 0.4) is 0 Å². The number of rotatable bonds is 5. The molecule has 2 aliphatic carbocycles. The molecule has 0 heterocycles. The molecule has 3 nitrogen and oxygen atoms in total. The molecule has 0 fully saturated rings. The highest BCUT2D eigenvalue weighted by Gasteiger charge is 2.25. The lowest BCUT2D eigenvalue weighted by Gasteiger charge is -2.08. The largest absolute Gasteiger partial charge is 0.241 e. The fraction of sp³-hybridized carbons (Fsp3) is 0.444. The minimum atomic E-state index is -3.46. The smallest absolute Gasteiger partial charge is 0.211 e. The Hall–Kier alpha value is -1.39. The van der Waals surface area contributed by atoms with Crippen molar-refractivity contribution in [3.63, 3.8) is 0 Å². The van der Waals surface area contributed by atoms with Crippen LogP contribution in [0, 0.1) is 13.8 Å². The molecule has 120 valence electrons. The summed E-state index contributed by atoms with van der Waals surface area (Å²) < 4.78 is 27.8. The maximum absolute atomic E-state index is 12.6. The van der Waals surface area contributed by atoms with Crippen LogP contribution in [0.15, 0.2) is 29.2 Å². The predicted octanol–water partition coefficient (Wildman–Crippen LogP) is 4.22. The highest BCUT2D eigenvalue weighted by molar-refractivity contribution is 7.89. The number of nitrogens with one attached hydrogen (secondary N) is 1. The van der Waals surface area contributed by atoms with Crippen LogP contribution in [0.5, 0.6) is 0 Å². The van der Waals surface area contributed by atoms with Gasteiger partial charge in [0.15, 0.2) is 0 Å². The Bertz CT molecular complexity index is 748. The Morgan fingerprint density at radius 1 is 1.09 bits per heavy atom. The van der Waals surface area contributed by atoms with Crippen molar-refractivity contribution in [2.75, 3.05) is 6.54 Å². The van der Waals surface area contributed by atoms with Gasteiger partial charge in [-0.2, -0.15) is 0 Å². The van der Waals surface area contributed by atoms with Gasteiger partial charge in [-0.3, -0.25) is 0 Å². The van der Waals surface area contributed by atoms with Gasteiger partial charge in [0.25, 0.3) is 0 Å². The average molecular weight is 319 g/mol. The number of hydrogen-bond donors (Lipinski definition) is 1. The molecule has 0 bridgehead atoms. The highest BCUT2D eigenvalue weighted by atomic mass is 32.2. The quantitative estimate of drug-likeness (QED) is 0.897. The lowest BCUT2D eigenvalue weighted by Crippen LogP contribution is -2.24. The molecular weight excluding hydrogens is 294 g/mol. The molecule has 0 saturated heterocycles. The van der Waals surface area contributed by atoms with E-state index in [4.69, 9.17) is 0 Å². The number of fused-ring (bicyclic) bond motifs is 1. The van der Waals surface area contributed by atoms with Crippen LogP contribution >= 0.6 is 0 Å². The maximum Gasteiger partial charge on any atom is 0.241 e. The summed E-state index contributed by atoms with van der Waals surface area (Å²) in [7, 11) is -3.46. The molecule has 0 atom stereocenters. The average Bonchev–Trinajstić information content (AvgIpc) is 2.67. The molecule has 0 spiro atoms. The predicted molar refractivity (Wildman–Crippen MR) is 92.1 cm³/mol. The second-order valence-electron chi connectivity index (χ2n) is 6.19. The lowest BCUT2D eigenvalue weighted by molar-refractivity contribution is 0.581. The van der Waals surface area contributed by atoms with Crippen LogP contribution in [0.25, 0.3) is 11.1 Å². The zero-order chi connectivity index (χ0) is 16.5. The Morgan fingerprint density at radius 2 is 1.77 bits per heavy atom. The summed E-state index contributed by atoms with van der Waals surface area (Å²) >= 11 is 0. The molecular formula is C18H25NO2S. The minimum absolute atomic E-state index is 0.400. The first kappa shape index (κ1) is 17.0. The second-order valence-corrected chi connectivity index (χ2v) is 7.93. The molecule has 4 heteroatoms. The third-order valence-corrected chi connectivity index (χ3v) is 5.50. The summed E-state index contributed by atoms with van der Waals surface area (Å²) in [6.07, 6.45) is 0.779. The van der Waals surface area contributed by atoms with Crippen molar-refractivity contribution in [1.29, 1.82) is 0 Å². The summed E-state index contributed by atoms with van der Waals surface area (Å²) in [6.45, 7) is 10.7.